The molecule has 1 fully saturated rings. The molecule has 74 valence electrons. The van der Waals surface area contributed by atoms with E-state index in [0.29, 0.717) is 19.7 Å². The van der Waals surface area contributed by atoms with E-state index in [9.17, 15) is 9.59 Å². The van der Waals surface area contributed by atoms with Crippen LogP contribution in [-0.4, -0.2) is 43.0 Å². The lowest BCUT2D eigenvalue weighted by atomic mass is 9.96. The van der Waals surface area contributed by atoms with Crippen molar-refractivity contribution in [2.24, 2.45) is 11.7 Å². The Hall–Kier alpha value is -1.10. The van der Waals surface area contributed by atoms with Crippen molar-refractivity contribution in [1.29, 1.82) is 0 Å². The highest BCUT2D eigenvalue weighted by Crippen LogP contribution is 2.16. The molecule has 0 unspecified atom stereocenters. The van der Waals surface area contributed by atoms with Gasteiger partial charge in [-0.25, -0.2) is 4.79 Å². The molecule has 1 aliphatic heterocycles. The van der Waals surface area contributed by atoms with Crippen LogP contribution in [0, 0.1) is 5.92 Å². The quantitative estimate of drug-likeness (QED) is 0.651. The second-order valence-electron chi connectivity index (χ2n) is 2.97. The van der Waals surface area contributed by atoms with E-state index >= 15 is 0 Å². The van der Waals surface area contributed by atoms with Gasteiger partial charge in [0.15, 0.2) is 5.78 Å². The summed E-state index contributed by atoms with van der Waals surface area (Å²) in [5, 5.41) is 0. The molecule has 0 radical (unpaired) electrons. The molecule has 0 aromatic carbocycles. The van der Waals surface area contributed by atoms with Crippen molar-refractivity contribution < 1.29 is 14.3 Å². The van der Waals surface area contributed by atoms with Gasteiger partial charge in [0.1, 0.15) is 0 Å². The number of carbonyl (C=O) groups excluding carboxylic acids is 2. The maximum Gasteiger partial charge on any atom is 0.409 e. The number of carbonyl (C=O) groups is 2. The normalized spacial score (nSPS) is 16.6. The fourth-order valence-electron chi connectivity index (χ4n) is 1.21. The van der Waals surface area contributed by atoms with Gasteiger partial charge < -0.3 is 15.4 Å². The van der Waals surface area contributed by atoms with E-state index in [2.05, 4.69) is 0 Å². The summed E-state index contributed by atoms with van der Waals surface area (Å²) in [6.07, 6.45) is -0.344. The Morgan fingerprint density at radius 3 is 2.62 bits per heavy atom. The molecule has 2 N–H and O–H groups in total. The van der Waals surface area contributed by atoms with Gasteiger partial charge in [0.25, 0.3) is 0 Å². The molecule has 0 spiro atoms. The van der Waals surface area contributed by atoms with Crippen molar-refractivity contribution in [2.75, 3.05) is 26.2 Å². The van der Waals surface area contributed by atoms with E-state index in [1.165, 1.54) is 4.90 Å². The monoisotopic (exact) mass is 186 g/mol. The second-order valence-corrected chi connectivity index (χ2v) is 2.97. The third kappa shape index (κ3) is 2.18. The number of likely N-dealkylation sites (tertiary alicyclic amines) is 1. The third-order valence-electron chi connectivity index (χ3n) is 2.06. The van der Waals surface area contributed by atoms with Gasteiger partial charge in [-0.15, -0.1) is 0 Å². The molecule has 0 aromatic heterocycles. The SMILES string of the molecule is CCOC(=O)N1CC(C(=O)CN)C1. The van der Waals surface area contributed by atoms with Crippen LogP contribution in [0.4, 0.5) is 4.79 Å². The molecule has 0 aromatic rings. The van der Waals surface area contributed by atoms with Crippen molar-refractivity contribution in [2.45, 2.75) is 6.92 Å². The van der Waals surface area contributed by atoms with Crippen LogP contribution in [0.5, 0.6) is 0 Å². The van der Waals surface area contributed by atoms with Crippen molar-refractivity contribution in [3.05, 3.63) is 0 Å². The first-order chi connectivity index (χ1) is 6.19. The van der Waals surface area contributed by atoms with Gasteiger partial charge >= 0.3 is 6.09 Å². The summed E-state index contributed by atoms with van der Waals surface area (Å²) in [5.41, 5.74) is 5.18. The molecule has 1 aliphatic rings. The van der Waals surface area contributed by atoms with Crippen LogP contribution >= 0.6 is 0 Å². The summed E-state index contributed by atoms with van der Waals surface area (Å²) in [7, 11) is 0. The van der Waals surface area contributed by atoms with Gasteiger partial charge in [0.2, 0.25) is 0 Å². The second kappa shape index (κ2) is 4.23. The topological polar surface area (TPSA) is 72.6 Å². The van der Waals surface area contributed by atoms with Crippen LogP contribution in [0.25, 0.3) is 0 Å². The average molecular weight is 186 g/mol. The molecule has 1 rings (SSSR count). The van der Waals surface area contributed by atoms with Gasteiger partial charge in [-0.2, -0.15) is 0 Å². The zero-order valence-corrected chi connectivity index (χ0v) is 7.66. The Morgan fingerprint density at radius 1 is 1.54 bits per heavy atom. The first kappa shape index (κ1) is 9.98. The molecule has 5 heteroatoms. The van der Waals surface area contributed by atoms with E-state index < -0.39 is 0 Å². The summed E-state index contributed by atoms with van der Waals surface area (Å²) >= 11 is 0. The van der Waals surface area contributed by atoms with Crippen molar-refractivity contribution in [3.63, 3.8) is 0 Å². The van der Waals surface area contributed by atoms with Crippen LogP contribution in [0.15, 0.2) is 0 Å². The van der Waals surface area contributed by atoms with E-state index in [1.807, 2.05) is 0 Å². The fourth-order valence-corrected chi connectivity index (χ4v) is 1.21. The van der Waals surface area contributed by atoms with E-state index in [4.69, 9.17) is 10.5 Å². The first-order valence-electron chi connectivity index (χ1n) is 4.33. The predicted octanol–water partition coefficient (Wildman–Crippen LogP) is -0.397. The smallest absolute Gasteiger partial charge is 0.409 e. The number of ketones is 1. The summed E-state index contributed by atoms with van der Waals surface area (Å²) in [5.74, 6) is -0.0602. The molecule has 1 saturated heterocycles. The first-order valence-corrected chi connectivity index (χ1v) is 4.33. The summed E-state index contributed by atoms with van der Waals surface area (Å²) < 4.78 is 4.75. The molecular weight excluding hydrogens is 172 g/mol. The minimum absolute atomic E-state index is 0.0144. The molecular formula is C8H14N2O3. The molecule has 5 nitrogen and oxygen atoms in total. The number of hydrogen-bond acceptors (Lipinski definition) is 4. The van der Waals surface area contributed by atoms with E-state index in [0.717, 1.165) is 0 Å². The zero-order valence-electron chi connectivity index (χ0n) is 7.66. The Morgan fingerprint density at radius 2 is 2.15 bits per heavy atom. The number of amides is 1. The standard InChI is InChI=1S/C8H14N2O3/c1-2-13-8(12)10-4-6(5-10)7(11)3-9/h6H,2-5,9H2,1H3. The van der Waals surface area contributed by atoms with Crippen LogP contribution in [-0.2, 0) is 9.53 Å². The summed E-state index contributed by atoms with van der Waals surface area (Å²) in [6.45, 7) is 3.08. The van der Waals surface area contributed by atoms with E-state index in [-0.39, 0.29) is 24.3 Å². The molecule has 1 amide bonds. The maximum absolute atomic E-state index is 11.0. The predicted molar refractivity (Wildman–Crippen MR) is 46.1 cm³/mol. The molecule has 0 bridgehead atoms. The minimum atomic E-state index is -0.344. The van der Waals surface area contributed by atoms with Gasteiger partial charge in [0, 0.05) is 13.1 Å². The lowest BCUT2D eigenvalue weighted by Gasteiger charge is -2.36. The number of ether oxygens (including phenoxy) is 1. The van der Waals surface area contributed by atoms with Gasteiger partial charge in [0.05, 0.1) is 19.1 Å². The van der Waals surface area contributed by atoms with Crippen LogP contribution < -0.4 is 5.73 Å². The van der Waals surface area contributed by atoms with Gasteiger partial charge in [-0.3, -0.25) is 4.79 Å². The van der Waals surface area contributed by atoms with Crippen molar-refractivity contribution in [1.82, 2.24) is 4.90 Å². The lowest BCUT2D eigenvalue weighted by Crippen LogP contribution is -2.54. The number of rotatable bonds is 3. The van der Waals surface area contributed by atoms with Gasteiger partial charge in [-0.05, 0) is 6.92 Å². The molecule has 1 heterocycles. The number of Topliss-reactive ketones (excluding diaryl/α,β-unsaturated/α-hetero) is 1. The molecule has 0 saturated carbocycles. The molecule has 0 aliphatic carbocycles. The highest BCUT2D eigenvalue weighted by Gasteiger charge is 2.35. The summed E-state index contributed by atoms with van der Waals surface area (Å²) in [6, 6.07) is 0. The Bertz CT molecular complexity index is 211. The summed E-state index contributed by atoms with van der Waals surface area (Å²) in [4.78, 5) is 23.6. The Balaban J connectivity index is 2.25. The lowest BCUT2D eigenvalue weighted by molar-refractivity contribution is -0.125. The van der Waals surface area contributed by atoms with Crippen LogP contribution in [0.2, 0.25) is 0 Å². The average Bonchev–Trinajstić information content (AvgIpc) is 2.01. The number of hydrogen-bond donors (Lipinski definition) is 1. The Labute approximate surface area is 76.8 Å². The number of nitrogens with two attached hydrogens (primary N) is 1. The highest BCUT2D eigenvalue weighted by atomic mass is 16.6. The molecule has 0 atom stereocenters. The third-order valence-corrected chi connectivity index (χ3v) is 2.06. The van der Waals surface area contributed by atoms with Crippen molar-refractivity contribution >= 4 is 11.9 Å². The van der Waals surface area contributed by atoms with Gasteiger partial charge in [-0.1, -0.05) is 0 Å². The minimum Gasteiger partial charge on any atom is -0.450 e. The van der Waals surface area contributed by atoms with Crippen LogP contribution in [0.1, 0.15) is 6.92 Å². The number of nitrogens with zero attached hydrogens (tertiary/aromatic N) is 1. The molecule has 13 heavy (non-hydrogen) atoms. The van der Waals surface area contributed by atoms with Crippen molar-refractivity contribution in [3.8, 4) is 0 Å². The van der Waals surface area contributed by atoms with E-state index in [1.54, 1.807) is 6.92 Å². The fraction of sp³-hybridized carbons (Fsp3) is 0.750. The Kier molecular flexibility index (Phi) is 3.25. The zero-order chi connectivity index (χ0) is 9.84. The largest absolute Gasteiger partial charge is 0.450 e. The maximum atomic E-state index is 11.0. The van der Waals surface area contributed by atoms with Crippen LogP contribution in [0.3, 0.4) is 0 Å². The highest BCUT2D eigenvalue weighted by molar-refractivity contribution is 5.85.